The average molecular weight is 344 g/mol. The predicted molar refractivity (Wildman–Crippen MR) is 88.6 cm³/mol. The van der Waals surface area contributed by atoms with Crippen LogP contribution in [-0.2, 0) is 6.42 Å². The van der Waals surface area contributed by atoms with Crippen molar-refractivity contribution in [2.24, 2.45) is 0 Å². The normalized spacial score (nSPS) is 12.6. The Morgan fingerprint density at radius 2 is 1.95 bits per heavy atom. The Hall–Kier alpha value is -0.410. The summed E-state index contributed by atoms with van der Waals surface area (Å²) in [6.07, 6.45) is 8.52. The highest BCUT2D eigenvalue weighted by Gasteiger charge is 2.10. The van der Waals surface area contributed by atoms with Crippen LogP contribution in [0.5, 0.6) is 0 Å². The lowest BCUT2D eigenvalue weighted by molar-refractivity contribution is 0.453. The van der Waals surface area contributed by atoms with Crippen molar-refractivity contribution in [3.8, 4) is 0 Å². The fourth-order valence-corrected chi connectivity index (χ4v) is 2.82. The Labute approximate surface area is 131 Å². The Morgan fingerprint density at radius 3 is 2.60 bits per heavy atom. The van der Waals surface area contributed by atoms with Gasteiger partial charge in [0.1, 0.15) is 5.82 Å². The van der Waals surface area contributed by atoms with E-state index in [0.717, 1.165) is 19.4 Å². The lowest BCUT2D eigenvalue weighted by atomic mass is 10.00. The van der Waals surface area contributed by atoms with Gasteiger partial charge in [-0.15, -0.1) is 0 Å². The maximum atomic E-state index is 13.3. The molecule has 3 heteroatoms. The van der Waals surface area contributed by atoms with Gasteiger partial charge >= 0.3 is 0 Å². The molecule has 0 amide bonds. The third kappa shape index (κ3) is 6.85. The zero-order chi connectivity index (χ0) is 14.8. The van der Waals surface area contributed by atoms with Crippen LogP contribution in [0.15, 0.2) is 22.7 Å². The van der Waals surface area contributed by atoms with Gasteiger partial charge in [-0.2, -0.15) is 0 Å². The van der Waals surface area contributed by atoms with Crippen LogP contribution >= 0.6 is 15.9 Å². The summed E-state index contributed by atoms with van der Waals surface area (Å²) in [5.41, 5.74) is 1.20. The van der Waals surface area contributed by atoms with E-state index in [0.29, 0.717) is 10.5 Å². The minimum absolute atomic E-state index is 0.185. The smallest absolute Gasteiger partial charge is 0.137 e. The second kappa shape index (κ2) is 10.3. The summed E-state index contributed by atoms with van der Waals surface area (Å²) in [7, 11) is 0. The molecule has 1 atom stereocenters. The second-order valence-electron chi connectivity index (χ2n) is 5.45. The molecule has 0 bridgehead atoms. The molecule has 1 aromatic carbocycles. The SMILES string of the molecule is CCCCCCC(Cc1ccc(F)c(Br)c1)NCCC. The fourth-order valence-electron chi connectivity index (χ4n) is 2.39. The molecule has 0 spiro atoms. The van der Waals surface area contributed by atoms with Crippen molar-refractivity contribution >= 4 is 15.9 Å². The molecule has 0 saturated heterocycles. The minimum Gasteiger partial charge on any atom is -0.314 e. The van der Waals surface area contributed by atoms with Crippen LogP contribution in [0.4, 0.5) is 4.39 Å². The lowest BCUT2D eigenvalue weighted by Crippen LogP contribution is -2.31. The number of halogens is 2. The minimum atomic E-state index is -0.185. The van der Waals surface area contributed by atoms with E-state index in [1.807, 2.05) is 12.1 Å². The summed E-state index contributed by atoms with van der Waals surface area (Å²) in [4.78, 5) is 0. The number of rotatable bonds is 10. The Kier molecular flexibility index (Phi) is 9.12. The Balaban J connectivity index is 2.51. The molecule has 0 fully saturated rings. The largest absolute Gasteiger partial charge is 0.314 e. The summed E-state index contributed by atoms with van der Waals surface area (Å²) in [6, 6.07) is 5.85. The molecular weight excluding hydrogens is 317 g/mol. The first-order valence-electron chi connectivity index (χ1n) is 7.84. The standard InChI is InChI=1S/C17H27BrFN/c1-3-5-6-7-8-15(20-11-4-2)12-14-9-10-17(19)16(18)13-14/h9-10,13,15,20H,3-8,11-12H2,1-2H3. The van der Waals surface area contributed by atoms with Crippen molar-refractivity contribution < 1.29 is 4.39 Å². The quantitative estimate of drug-likeness (QED) is 0.555. The van der Waals surface area contributed by atoms with Crippen molar-refractivity contribution in [3.63, 3.8) is 0 Å². The van der Waals surface area contributed by atoms with E-state index in [1.54, 1.807) is 6.07 Å². The van der Waals surface area contributed by atoms with Crippen LogP contribution in [-0.4, -0.2) is 12.6 Å². The molecule has 0 aromatic heterocycles. The fraction of sp³-hybridized carbons (Fsp3) is 0.647. The van der Waals surface area contributed by atoms with Crippen molar-refractivity contribution in [1.82, 2.24) is 5.32 Å². The third-order valence-corrected chi connectivity index (χ3v) is 4.16. The zero-order valence-electron chi connectivity index (χ0n) is 12.7. The highest BCUT2D eigenvalue weighted by atomic mass is 79.9. The van der Waals surface area contributed by atoms with Crippen LogP contribution in [0.1, 0.15) is 57.9 Å². The molecule has 1 N–H and O–H groups in total. The topological polar surface area (TPSA) is 12.0 Å². The van der Waals surface area contributed by atoms with Crippen molar-refractivity contribution in [2.45, 2.75) is 64.8 Å². The van der Waals surface area contributed by atoms with Gasteiger partial charge in [-0.25, -0.2) is 4.39 Å². The van der Waals surface area contributed by atoms with E-state index in [1.165, 1.54) is 37.7 Å². The van der Waals surface area contributed by atoms with Crippen LogP contribution < -0.4 is 5.32 Å². The molecule has 0 heterocycles. The number of benzene rings is 1. The van der Waals surface area contributed by atoms with Gasteiger partial charge < -0.3 is 5.32 Å². The Bertz CT molecular complexity index is 381. The first kappa shape index (κ1) is 17.6. The summed E-state index contributed by atoms with van der Waals surface area (Å²) in [5.74, 6) is -0.185. The molecule has 20 heavy (non-hydrogen) atoms. The number of hydrogen-bond donors (Lipinski definition) is 1. The van der Waals surface area contributed by atoms with E-state index in [4.69, 9.17) is 0 Å². The number of unbranched alkanes of at least 4 members (excludes halogenated alkanes) is 3. The van der Waals surface area contributed by atoms with Gasteiger partial charge in [0.25, 0.3) is 0 Å². The first-order chi connectivity index (χ1) is 9.67. The molecule has 1 aromatic rings. The summed E-state index contributed by atoms with van der Waals surface area (Å²) < 4.78 is 13.8. The van der Waals surface area contributed by atoms with Crippen LogP contribution in [0, 0.1) is 5.82 Å². The highest BCUT2D eigenvalue weighted by molar-refractivity contribution is 9.10. The van der Waals surface area contributed by atoms with Crippen LogP contribution in [0.3, 0.4) is 0 Å². The summed E-state index contributed by atoms with van der Waals surface area (Å²) in [6.45, 7) is 5.49. The van der Waals surface area contributed by atoms with Crippen molar-refractivity contribution in [1.29, 1.82) is 0 Å². The maximum absolute atomic E-state index is 13.3. The molecular formula is C17H27BrFN. The lowest BCUT2D eigenvalue weighted by Gasteiger charge is -2.19. The van der Waals surface area contributed by atoms with E-state index in [9.17, 15) is 4.39 Å². The van der Waals surface area contributed by atoms with Gasteiger partial charge in [-0.3, -0.25) is 0 Å². The zero-order valence-corrected chi connectivity index (χ0v) is 14.3. The molecule has 1 unspecified atom stereocenters. The molecule has 0 saturated carbocycles. The average Bonchev–Trinajstić information content (AvgIpc) is 2.44. The monoisotopic (exact) mass is 343 g/mol. The molecule has 0 aliphatic rings. The Morgan fingerprint density at radius 1 is 1.15 bits per heavy atom. The van der Waals surface area contributed by atoms with E-state index < -0.39 is 0 Å². The first-order valence-corrected chi connectivity index (χ1v) is 8.64. The van der Waals surface area contributed by atoms with Crippen molar-refractivity contribution in [2.75, 3.05) is 6.54 Å². The second-order valence-corrected chi connectivity index (χ2v) is 6.31. The molecule has 0 radical (unpaired) electrons. The summed E-state index contributed by atoms with van der Waals surface area (Å²) in [5, 5.41) is 3.62. The predicted octanol–water partition coefficient (Wildman–Crippen LogP) is 5.47. The number of nitrogens with one attached hydrogen (secondary N) is 1. The van der Waals surface area contributed by atoms with Gasteiger partial charge in [0.15, 0.2) is 0 Å². The van der Waals surface area contributed by atoms with Gasteiger partial charge in [-0.1, -0.05) is 45.6 Å². The van der Waals surface area contributed by atoms with Crippen molar-refractivity contribution in [3.05, 3.63) is 34.1 Å². The van der Waals surface area contributed by atoms with Gasteiger partial charge in [0.05, 0.1) is 4.47 Å². The molecule has 0 aliphatic heterocycles. The highest BCUT2D eigenvalue weighted by Crippen LogP contribution is 2.19. The summed E-state index contributed by atoms with van der Waals surface area (Å²) >= 11 is 3.27. The third-order valence-electron chi connectivity index (χ3n) is 3.56. The molecule has 1 nitrogen and oxygen atoms in total. The van der Waals surface area contributed by atoms with Gasteiger partial charge in [0.2, 0.25) is 0 Å². The molecule has 0 aliphatic carbocycles. The van der Waals surface area contributed by atoms with E-state index in [-0.39, 0.29) is 5.82 Å². The van der Waals surface area contributed by atoms with E-state index in [2.05, 4.69) is 35.1 Å². The number of hydrogen-bond acceptors (Lipinski definition) is 1. The molecule has 114 valence electrons. The van der Waals surface area contributed by atoms with Gasteiger partial charge in [-0.05, 0) is 59.4 Å². The molecule has 1 rings (SSSR count). The van der Waals surface area contributed by atoms with E-state index >= 15 is 0 Å². The van der Waals surface area contributed by atoms with Gasteiger partial charge in [0, 0.05) is 6.04 Å². The van der Waals surface area contributed by atoms with Crippen LogP contribution in [0.2, 0.25) is 0 Å². The van der Waals surface area contributed by atoms with Crippen LogP contribution in [0.25, 0.3) is 0 Å². The maximum Gasteiger partial charge on any atom is 0.137 e.